The van der Waals surface area contributed by atoms with Gasteiger partial charge in [-0.25, -0.2) is 4.39 Å². The molecule has 0 unspecified atom stereocenters. The minimum atomic E-state index is -0.518. The van der Waals surface area contributed by atoms with Crippen molar-refractivity contribution in [2.75, 3.05) is 0 Å². The van der Waals surface area contributed by atoms with E-state index in [0.29, 0.717) is 23.0 Å². The van der Waals surface area contributed by atoms with E-state index in [4.69, 9.17) is 0 Å². The molecule has 0 atom stereocenters. The fraction of sp³-hybridized carbons (Fsp3) is 0.286. The van der Waals surface area contributed by atoms with Gasteiger partial charge in [0, 0.05) is 17.5 Å². The van der Waals surface area contributed by atoms with Gasteiger partial charge < -0.3 is 9.67 Å². The lowest BCUT2D eigenvalue weighted by Gasteiger charge is -2.06. The quantitative estimate of drug-likeness (QED) is 0.412. The largest absolute Gasteiger partial charge is 0.493 e. The molecule has 3 aromatic rings. The number of aryl methyl sites for hydroxylation is 1. The molecular weight excluding hydrogens is 345 g/mol. The maximum atomic E-state index is 13.7. The van der Waals surface area contributed by atoms with Gasteiger partial charge in [0.25, 0.3) is 5.91 Å². The van der Waals surface area contributed by atoms with Crippen LogP contribution >= 0.6 is 0 Å². The predicted octanol–water partition coefficient (Wildman–Crippen LogP) is 5.99. The van der Waals surface area contributed by atoms with Crippen molar-refractivity contribution in [3.8, 4) is 5.88 Å². The Morgan fingerprint density at radius 3 is 2.63 bits per heavy atom. The number of amides is 1. The highest BCUT2D eigenvalue weighted by Crippen LogP contribution is 2.39. The Labute approximate surface area is 157 Å². The van der Waals surface area contributed by atoms with Crippen LogP contribution in [0, 0.1) is 5.82 Å². The van der Waals surface area contributed by atoms with Crippen LogP contribution < -0.4 is 0 Å². The molecule has 2 aromatic carbocycles. The fourth-order valence-corrected chi connectivity index (χ4v) is 3.05. The molecule has 1 amide bonds. The number of halogens is 1. The molecule has 0 saturated carbocycles. The van der Waals surface area contributed by atoms with Crippen molar-refractivity contribution in [1.82, 2.24) is 4.57 Å². The SMILES string of the molecule is CCCCCCn1c(O)c(N=NC(=O)c2ccccc2)c2cc(F)ccc21. The van der Waals surface area contributed by atoms with Crippen LogP contribution in [0.5, 0.6) is 5.88 Å². The second-order valence-corrected chi connectivity index (χ2v) is 6.42. The monoisotopic (exact) mass is 367 g/mol. The van der Waals surface area contributed by atoms with Crippen LogP contribution in [0.1, 0.15) is 43.0 Å². The normalized spacial score (nSPS) is 11.5. The van der Waals surface area contributed by atoms with E-state index in [1.54, 1.807) is 41.0 Å². The summed E-state index contributed by atoms with van der Waals surface area (Å²) in [5, 5.41) is 18.7. The zero-order valence-electron chi connectivity index (χ0n) is 15.2. The number of unbranched alkanes of at least 4 members (excludes halogenated alkanes) is 3. The molecule has 1 N–H and O–H groups in total. The molecule has 140 valence electrons. The molecule has 5 nitrogen and oxygen atoms in total. The first-order valence-corrected chi connectivity index (χ1v) is 9.13. The van der Waals surface area contributed by atoms with Gasteiger partial charge in [0.15, 0.2) is 5.69 Å². The van der Waals surface area contributed by atoms with Crippen molar-refractivity contribution >= 4 is 22.5 Å². The first-order chi connectivity index (χ1) is 13.1. The van der Waals surface area contributed by atoms with Gasteiger partial charge in [-0.1, -0.05) is 44.4 Å². The molecule has 3 rings (SSSR count). The third-order valence-electron chi connectivity index (χ3n) is 4.47. The van der Waals surface area contributed by atoms with Gasteiger partial charge in [0.2, 0.25) is 5.88 Å². The van der Waals surface area contributed by atoms with Gasteiger partial charge in [-0.05, 0) is 36.8 Å². The number of carbonyl (C=O) groups excluding carboxylic acids is 1. The maximum absolute atomic E-state index is 13.7. The molecule has 1 heterocycles. The van der Waals surface area contributed by atoms with Gasteiger partial charge in [0.05, 0.1) is 5.52 Å². The highest BCUT2D eigenvalue weighted by molar-refractivity contribution is 5.97. The van der Waals surface area contributed by atoms with Gasteiger partial charge >= 0.3 is 0 Å². The van der Waals surface area contributed by atoms with E-state index in [1.165, 1.54) is 12.1 Å². The molecule has 0 aliphatic carbocycles. The molecule has 0 fully saturated rings. The summed E-state index contributed by atoms with van der Waals surface area (Å²) in [6, 6.07) is 12.8. The van der Waals surface area contributed by atoms with Crippen molar-refractivity contribution in [2.24, 2.45) is 10.2 Å². The molecular formula is C21H22FN3O2. The number of nitrogens with zero attached hydrogens (tertiary/aromatic N) is 3. The lowest BCUT2D eigenvalue weighted by molar-refractivity contribution is 0.0995. The molecule has 6 heteroatoms. The van der Waals surface area contributed by atoms with Crippen molar-refractivity contribution in [3.05, 3.63) is 59.9 Å². The summed E-state index contributed by atoms with van der Waals surface area (Å²) in [6.45, 7) is 2.73. The van der Waals surface area contributed by atoms with Crippen LogP contribution in [0.2, 0.25) is 0 Å². The Morgan fingerprint density at radius 2 is 1.89 bits per heavy atom. The number of hydrogen-bond donors (Lipinski definition) is 1. The average molecular weight is 367 g/mol. The number of benzene rings is 2. The van der Waals surface area contributed by atoms with E-state index in [0.717, 1.165) is 25.7 Å². The van der Waals surface area contributed by atoms with Crippen molar-refractivity contribution in [1.29, 1.82) is 0 Å². The zero-order chi connectivity index (χ0) is 19.2. The second-order valence-electron chi connectivity index (χ2n) is 6.42. The van der Waals surface area contributed by atoms with Crippen molar-refractivity contribution in [2.45, 2.75) is 39.2 Å². The summed E-state index contributed by atoms with van der Waals surface area (Å²) in [4.78, 5) is 12.2. The molecule has 0 aliphatic rings. The summed E-state index contributed by atoms with van der Waals surface area (Å²) in [7, 11) is 0. The van der Waals surface area contributed by atoms with Gasteiger partial charge in [-0.3, -0.25) is 4.79 Å². The fourth-order valence-electron chi connectivity index (χ4n) is 3.05. The van der Waals surface area contributed by atoms with E-state index >= 15 is 0 Å². The van der Waals surface area contributed by atoms with E-state index < -0.39 is 11.7 Å². The Bertz CT molecular complexity index is 964. The molecule has 0 spiro atoms. The second kappa shape index (κ2) is 8.58. The minimum Gasteiger partial charge on any atom is -0.493 e. The first kappa shape index (κ1) is 18.8. The topological polar surface area (TPSA) is 66.9 Å². The summed E-state index contributed by atoms with van der Waals surface area (Å²) in [5.74, 6) is -1.05. The summed E-state index contributed by atoms with van der Waals surface area (Å²) in [6.07, 6.45) is 4.17. The molecule has 27 heavy (non-hydrogen) atoms. The average Bonchev–Trinajstić information content (AvgIpc) is 2.94. The van der Waals surface area contributed by atoms with E-state index in [1.807, 2.05) is 0 Å². The molecule has 0 radical (unpaired) electrons. The van der Waals surface area contributed by atoms with Crippen LogP contribution in [0.15, 0.2) is 58.8 Å². The third-order valence-corrected chi connectivity index (χ3v) is 4.47. The lowest BCUT2D eigenvalue weighted by atomic mass is 10.2. The number of aromatic nitrogens is 1. The Morgan fingerprint density at radius 1 is 1.11 bits per heavy atom. The van der Waals surface area contributed by atoms with E-state index in [9.17, 15) is 14.3 Å². The molecule has 0 bridgehead atoms. The van der Waals surface area contributed by atoms with Crippen LogP contribution in [0.4, 0.5) is 10.1 Å². The standard InChI is InChI=1S/C21H22FN3O2/c1-2-3-4-8-13-25-18-12-11-16(22)14-17(18)19(21(25)27)23-24-20(26)15-9-6-5-7-10-15/h5-7,9-12,14,27H,2-4,8,13H2,1H3. The summed E-state index contributed by atoms with van der Waals surface area (Å²) in [5.41, 5.74) is 1.19. The Hall–Kier alpha value is -3.02. The van der Waals surface area contributed by atoms with Gasteiger partial charge in [-0.15, -0.1) is 10.2 Å². The number of aromatic hydroxyl groups is 1. The lowest BCUT2D eigenvalue weighted by Crippen LogP contribution is -1.97. The van der Waals surface area contributed by atoms with E-state index in [2.05, 4.69) is 17.2 Å². The number of rotatable bonds is 7. The highest BCUT2D eigenvalue weighted by atomic mass is 19.1. The highest BCUT2D eigenvalue weighted by Gasteiger charge is 2.17. The molecule has 1 aromatic heterocycles. The number of fused-ring (bicyclic) bond motifs is 1. The Balaban J connectivity index is 1.94. The first-order valence-electron chi connectivity index (χ1n) is 9.13. The minimum absolute atomic E-state index is 0.100. The predicted molar refractivity (Wildman–Crippen MR) is 103 cm³/mol. The summed E-state index contributed by atoms with van der Waals surface area (Å²) >= 11 is 0. The number of carbonyl (C=O) groups is 1. The van der Waals surface area contributed by atoms with Crippen LogP contribution in [-0.4, -0.2) is 15.6 Å². The smallest absolute Gasteiger partial charge is 0.295 e. The number of azo groups is 1. The van der Waals surface area contributed by atoms with Crippen LogP contribution in [0.25, 0.3) is 10.9 Å². The maximum Gasteiger partial charge on any atom is 0.295 e. The van der Waals surface area contributed by atoms with Crippen LogP contribution in [0.3, 0.4) is 0 Å². The third kappa shape index (κ3) is 4.22. The van der Waals surface area contributed by atoms with Crippen LogP contribution in [-0.2, 0) is 6.54 Å². The zero-order valence-corrected chi connectivity index (χ0v) is 15.2. The molecule has 0 saturated heterocycles. The van der Waals surface area contributed by atoms with E-state index in [-0.39, 0.29) is 11.6 Å². The number of hydrogen-bond acceptors (Lipinski definition) is 3. The molecule has 0 aliphatic heterocycles. The van der Waals surface area contributed by atoms with Gasteiger partial charge in [-0.2, -0.15) is 0 Å². The van der Waals surface area contributed by atoms with Crippen molar-refractivity contribution < 1.29 is 14.3 Å². The van der Waals surface area contributed by atoms with Crippen molar-refractivity contribution in [3.63, 3.8) is 0 Å². The Kier molecular flexibility index (Phi) is 5.96. The summed E-state index contributed by atoms with van der Waals surface area (Å²) < 4.78 is 15.4. The van der Waals surface area contributed by atoms with Gasteiger partial charge in [0.1, 0.15) is 5.82 Å².